The van der Waals surface area contributed by atoms with Crippen molar-refractivity contribution < 1.29 is 4.52 Å². The highest BCUT2D eigenvalue weighted by Crippen LogP contribution is 2.23. The highest BCUT2D eigenvalue weighted by Gasteiger charge is 2.06. The molecule has 0 saturated carbocycles. The van der Waals surface area contributed by atoms with Crippen molar-refractivity contribution in [2.45, 2.75) is 6.92 Å². The molecule has 7 nitrogen and oxygen atoms in total. The maximum atomic E-state index is 6.07. The van der Waals surface area contributed by atoms with Crippen LogP contribution in [0.4, 0.5) is 23.3 Å². The number of anilines is 4. The molecule has 0 amide bonds. The van der Waals surface area contributed by atoms with Crippen LogP contribution >= 0.6 is 11.6 Å². The average Bonchev–Trinajstić information content (AvgIpc) is 2.87. The van der Waals surface area contributed by atoms with E-state index in [2.05, 4.69) is 31.0 Å². The number of hydrogen-bond acceptors (Lipinski definition) is 7. The van der Waals surface area contributed by atoms with Crippen LogP contribution in [0.3, 0.4) is 0 Å². The number of aryl methyl sites for hydroxylation is 1. The highest BCUT2D eigenvalue weighted by molar-refractivity contribution is 6.33. The van der Waals surface area contributed by atoms with E-state index in [1.54, 1.807) is 19.1 Å². The number of aromatic nitrogens is 4. The molecule has 8 heteroatoms. The summed E-state index contributed by atoms with van der Waals surface area (Å²) in [6, 6.07) is 9.06. The molecule has 2 aromatic heterocycles. The molecule has 0 aliphatic heterocycles. The number of rotatable bonds is 4. The number of halogens is 1. The number of hydrogen-bond donors (Lipinski definition) is 2. The molecule has 0 bridgehead atoms. The lowest BCUT2D eigenvalue weighted by molar-refractivity contribution is 0.400. The largest absolute Gasteiger partial charge is 0.360 e. The Kier molecular flexibility index (Phi) is 3.65. The molecule has 21 heavy (non-hydrogen) atoms. The minimum Gasteiger partial charge on any atom is -0.360 e. The third-order valence-corrected chi connectivity index (χ3v) is 2.89. The molecule has 3 rings (SSSR count). The van der Waals surface area contributed by atoms with Gasteiger partial charge < -0.3 is 15.2 Å². The summed E-state index contributed by atoms with van der Waals surface area (Å²) < 4.78 is 4.97. The molecule has 106 valence electrons. The summed E-state index contributed by atoms with van der Waals surface area (Å²) in [6.07, 6.45) is 1.49. The quantitative estimate of drug-likeness (QED) is 0.764. The number of benzene rings is 1. The van der Waals surface area contributed by atoms with E-state index < -0.39 is 0 Å². The van der Waals surface area contributed by atoms with Gasteiger partial charge in [0.1, 0.15) is 5.76 Å². The summed E-state index contributed by atoms with van der Waals surface area (Å²) >= 11 is 6.07. The Balaban J connectivity index is 1.78. The van der Waals surface area contributed by atoms with Gasteiger partial charge in [-0.15, -0.1) is 5.10 Å². The molecule has 3 aromatic rings. The molecule has 2 heterocycles. The predicted molar refractivity (Wildman–Crippen MR) is 79.1 cm³/mol. The fourth-order valence-corrected chi connectivity index (χ4v) is 1.84. The van der Waals surface area contributed by atoms with Gasteiger partial charge in [0.25, 0.3) is 0 Å². The zero-order valence-electron chi connectivity index (χ0n) is 11.0. The standard InChI is InChI=1S/C13H11ClN6O/c1-8-6-11(20-21-8)17-12-7-15-19-13(18-12)16-10-5-3-2-4-9(10)14/h2-7H,1H3,(H2,16,17,18,19,20). The third kappa shape index (κ3) is 3.26. The summed E-state index contributed by atoms with van der Waals surface area (Å²) in [5.41, 5.74) is 0.704. The first-order chi connectivity index (χ1) is 10.2. The fraction of sp³-hybridized carbons (Fsp3) is 0.0769. The zero-order chi connectivity index (χ0) is 14.7. The van der Waals surface area contributed by atoms with Gasteiger partial charge in [0.2, 0.25) is 5.95 Å². The molecular formula is C13H11ClN6O. The molecule has 1 aromatic carbocycles. The predicted octanol–water partition coefficient (Wildman–Crippen LogP) is 3.31. The van der Waals surface area contributed by atoms with E-state index in [0.717, 1.165) is 0 Å². The van der Waals surface area contributed by atoms with E-state index >= 15 is 0 Å². The van der Waals surface area contributed by atoms with E-state index in [0.29, 0.717) is 34.1 Å². The molecule has 2 N–H and O–H groups in total. The van der Waals surface area contributed by atoms with Crippen LogP contribution in [0, 0.1) is 6.92 Å². The lowest BCUT2D eigenvalue weighted by atomic mass is 10.3. The molecule has 0 unspecified atom stereocenters. The molecular weight excluding hydrogens is 292 g/mol. The molecule has 0 saturated heterocycles. The van der Waals surface area contributed by atoms with Crippen molar-refractivity contribution in [1.82, 2.24) is 20.3 Å². The Labute approximate surface area is 125 Å². The number of nitrogens with one attached hydrogen (secondary N) is 2. The van der Waals surface area contributed by atoms with Crippen LogP contribution in [0.25, 0.3) is 0 Å². The maximum Gasteiger partial charge on any atom is 0.249 e. The summed E-state index contributed by atoms with van der Waals surface area (Å²) in [7, 11) is 0. The summed E-state index contributed by atoms with van der Waals surface area (Å²) in [4.78, 5) is 4.28. The van der Waals surface area contributed by atoms with Gasteiger partial charge in [-0.25, -0.2) is 0 Å². The number of nitrogens with zero attached hydrogens (tertiary/aromatic N) is 4. The van der Waals surface area contributed by atoms with E-state index in [1.165, 1.54) is 6.20 Å². The van der Waals surface area contributed by atoms with Crippen molar-refractivity contribution in [3.63, 3.8) is 0 Å². The molecule has 0 aliphatic rings. The Morgan fingerprint density at radius 1 is 1.14 bits per heavy atom. The van der Waals surface area contributed by atoms with Crippen molar-refractivity contribution in [2.75, 3.05) is 10.6 Å². The van der Waals surface area contributed by atoms with Gasteiger partial charge in [0.05, 0.1) is 16.9 Å². The lowest BCUT2D eigenvalue weighted by Crippen LogP contribution is -2.02. The van der Waals surface area contributed by atoms with Crippen molar-refractivity contribution in [2.24, 2.45) is 0 Å². The molecule has 0 fully saturated rings. The number of para-hydroxylation sites is 1. The summed E-state index contributed by atoms with van der Waals surface area (Å²) in [5.74, 6) is 2.08. The average molecular weight is 303 g/mol. The fourth-order valence-electron chi connectivity index (χ4n) is 1.66. The SMILES string of the molecule is Cc1cc(Nc2cnnc(Nc3ccccc3Cl)n2)no1. The van der Waals surface area contributed by atoms with Crippen molar-refractivity contribution >= 4 is 34.9 Å². The van der Waals surface area contributed by atoms with Gasteiger partial charge >= 0.3 is 0 Å². The van der Waals surface area contributed by atoms with Gasteiger partial charge in [0, 0.05) is 6.07 Å². The third-order valence-electron chi connectivity index (χ3n) is 2.56. The topological polar surface area (TPSA) is 88.8 Å². The van der Waals surface area contributed by atoms with Crippen LogP contribution in [0.2, 0.25) is 5.02 Å². The van der Waals surface area contributed by atoms with Gasteiger partial charge in [-0.3, -0.25) is 0 Å². The van der Waals surface area contributed by atoms with Crippen LogP contribution in [0.1, 0.15) is 5.76 Å². The molecule has 0 spiro atoms. The van der Waals surface area contributed by atoms with E-state index in [1.807, 2.05) is 18.2 Å². The smallest absolute Gasteiger partial charge is 0.249 e. The van der Waals surface area contributed by atoms with Crippen LogP contribution in [-0.2, 0) is 0 Å². The van der Waals surface area contributed by atoms with Crippen LogP contribution in [0.5, 0.6) is 0 Å². The second-order valence-corrected chi connectivity index (χ2v) is 4.63. The maximum absolute atomic E-state index is 6.07. The Hall–Kier alpha value is -2.67. The first-order valence-electron chi connectivity index (χ1n) is 6.12. The van der Waals surface area contributed by atoms with Gasteiger partial charge in [-0.1, -0.05) is 28.9 Å². The normalized spacial score (nSPS) is 10.4. The summed E-state index contributed by atoms with van der Waals surface area (Å²) in [6.45, 7) is 1.81. The summed E-state index contributed by atoms with van der Waals surface area (Å²) in [5, 5.41) is 18.2. The van der Waals surface area contributed by atoms with Crippen molar-refractivity contribution in [1.29, 1.82) is 0 Å². The Morgan fingerprint density at radius 2 is 2.00 bits per heavy atom. The van der Waals surface area contributed by atoms with Crippen LogP contribution < -0.4 is 10.6 Å². The van der Waals surface area contributed by atoms with E-state index in [9.17, 15) is 0 Å². The first kappa shape index (κ1) is 13.3. The minimum atomic E-state index is 0.327. The monoisotopic (exact) mass is 302 g/mol. The van der Waals surface area contributed by atoms with Gasteiger partial charge in [0.15, 0.2) is 11.6 Å². The highest BCUT2D eigenvalue weighted by atomic mass is 35.5. The second-order valence-electron chi connectivity index (χ2n) is 4.22. The van der Waals surface area contributed by atoms with E-state index in [4.69, 9.17) is 16.1 Å². The van der Waals surface area contributed by atoms with Crippen molar-refractivity contribution in [3.05, 3.63) is 47.3 Å². The van der Waals surface area contributed by atoms with Gasteiger partial charge in [-0.05, 0) is 19.1 Å². The molecule has 0 atom stereocenters. The van der Waals surface area contributed by atoms with Crippen molar-refractivity contribution in [3.8, 4) is 0 Å². The van der Waals surface area contributed by atoms with E-state index in [-0.39, 0.29) is 0 Å². The molecule has 0 aliphatic carbocycles. The zero-order valence-corrected chi connectivity index (χ0v) is 11.8. The van der Waals surface area contributed by atoms with Crippen LogP contribution in [-0.4, -0.2) is 20.3 Å². The first-order valence-corrected chi connectivity index (χ1v) is 6.50. The lowest BCUT2D eigenvalue weighted by Gasteiger charge is -2.07. The second kappa shape index (κ2) is 5.76. The molecule has 0 radical (unpaired) electrons. The van der Waals surface area contributed by atoms with Gasteiger partial charge in [-0.2, -0.15) is 10.1 Å². The Bertz CT molecular complexity index is 760. The Morgan fingerprint density at radius 3 is 2.76 bits per heavy atom. The van der Waals surface area contributed by atoms with Crippen LogP contribution in [0.15, 0.2) is 41.1 Å². The minimum absolute atomic E-state index is 0.327.